The van der Waals surface area contributed by atoms with E-state index in [-0.39, 0.29) is 30.4 Å². The number of carbonyl (C=O) groups excluding carboxylic acids is 2. The van der Waals surface area contributed by atoms with Crippen LogP contribution in [-0.2, 0) is 14.3 Å². The molecule has 1 fully saturated rings. The van der Waals surface area contributed by atoms with Crippen molar-refractivity contribution in [3.8, 4) is 0 Å². The van der Waals surface area contributed by atoms with E-state index in [0.29, 0.717) is 0 Å². The van der Waals surface area contributed by atoms with E-state index in [1.165, 1.54) is 18.4 Å². The fourth-order valence-corrected chi connectivity index (χ4v) is 3.09. The Kier molecular flexibility index (Phi) is 5.55. The molecule has 0 saturated carbocycles. The summed E-state index contributed by atoms with van der Waals surface area (Å²) < 4.78 is 4.70. The van der Waals surface area contributed by atoms with Gasteiger partial charge in [0, 0.05) is 4.88 Å². The molecule has 2 N–H and O–H groups in total. The number of piperidine rings is 1. The number of esters is 1. The number of nitrogens with one attached hydrogen (secondary N) is 2. The molecule has 2 heterocycles. The van der Waals surface area contributed by atoms with E-state index in [1.807, 2.05) is 17.5 Å². The summed E-state index contributed by atoms with van der Waals surface area (Å²) in [5, 5.41) is 8.11. The number of ether oxygens (including phenoxy) is 1. The van der Waals surface area contributed by atoms with E-state index >= 15 is 0 Å². The molecule has 1 unspecified atom stereocenters. The van der Waals surface area contributed by atoms with Crippen molar-refractivity contribution in [1.29, 1.82) is 0 Å². The lowest BCUT2D eigenvalue weighted by Crippen LogP contribution is -2.47. The standard InChI is InChI=1S/C14H20N2O3S/c1-19-13(17)9-11(12-6-4-8-20-12)16-14(18)10-5-2-3-7-15-10/h4,6,8,10-11,15H,2-3,5,7,9H2,1H3,(H,16,18)/t10-,11?/m1/s1. The molecule has 20 heavy (non-hydrogen) atoms. The highest BCUT2D eigenvalue weighted by atomic mass is 32.1. The third-order valence-electron chi connectivity index (χ3n) is 3.43. The first kappa shape index (κ1) is 15.0. The molecular weight excluding hydrogens is 276 g/mol. The van der Waals surface area contributed by atoms with E-state index in [0.717, 1.165) is 30.7 Å². The number of methoxy groups -OCH3 is 1. The summed E-state index contributed by atoms with van der Waals surface area (Å²) >= 11 is 1.53. The molecule has 6 heteroatoms. The molecule has 1 saturated heterocycles. The van der Waals surface area contributed by atoms with Gasteiger partial charge in [-0.2, -0.15) is 0 Å². The van der Waals surface area contributed by atoms with Gasteiger partial charge in [-0.15, -0.1) is 11.3 Å². The average molecular weight is 296 g/mol. The van der Waals surface area contributed by atoms with Gasteiger partial charge in [-0.1, -0.05) is 12.5 Å². The fraction of sp³-hybridized carbons (Fsp3) is 0.571. The maximum absolute atomic E-state index is 12.3. The van der Waals surface area contributed by atoms with Gasteiger partial charge in [0.2, 0.25) is 5.91 Å². The lowest BCUT2D eigenvalue weighted by atomic mass is 10.0. The van der Waals surface area contributed by atoms with Crippen LogP contribution in [0.1, 0.15) is 36.6 Å². The zero-order chi connectivity index (χ0) is 14.4. The van der Waals surface area contributed by atoms with Crippen molar-refractivity contribution in [3.05, 3.63) is 22.4 Å². The van der Waals surface area contributed by atoms with Crippen LogP contribution in [0.3, 0.4) is 0 Å². The predicted octanol–water partition coefficient (Wildman–Crippen LogP) is 1.61. The van der Waals surface area contributed by atoms with Crippen LogP contribution < -0.4 is 10.6 Å². The molecule has 5 nitrogen and oxygen atoms in total. The fourth-order valence-electron chi connectivity index (χ4n) is 2.31. The molecular formula is C14H20N2O3S. The van der Waals surface area contributed by atoms with Crippen LogP contribution in [0.15, 0.2) is 17.5 Å². The zero-order valence-electron chi connectivity index (χ0n) is 11.6. The Morgan fingerprint density at radius 2 is 2.40 bits per heavy atom. The Hall–Kier alpha value is -1.40. The molecule has 1 aromatic rings. The van der Waals surface area contributed by atoms with Gasteiger partial charge in [0.15, 0.2) is 0 Å². The van der Waals surface area contributed by atoms with E-state index < -0.39 is 0 Å². The van der Waals surface area contributed by atoms with Crippen LogP contribution in [-0.4, -0.2) is 31.6 Å². The van der Waals surface area contributed by atoms with Crippen molar-refractivity contribution in [3.63, 3.8) is 0 Å². The Labute approximate surface area is 122 Å². The number of rotatable bonds is 5. The Morgan fingerprint density at radius 1 is 1.55 bits per heavy atom. The number of amides is 1. The van der Waals surface area contributed by atoms with Gasteiger partial charge in [0.25, 0.3) is 0 Å². The summed E-state index contributed by atoms with van der Waals surface area (Å²) in [6.07, 6.45) is 3.18. The minimum atomic E-state index is -0.319. The topological polar surface area (TPSA) is 67.4 Å². The van der Waals surface area contributed by atoms with Crippen molar-refractivity contribution in [2.75, 3.05) is 13.7 Å². The second-order valence-corrected chi connectivity index (χ2v) is 5.84. The predicted molar refractivity (Wildman–Crippen MR) is 77.5 cm³/mol. The van der Waals surface area contributed by atoms with E-state index in [9.17, 15) is 9.59 Å². The summed E-state index contributed by atoms with van der Waals surface area (Å²) in [6, 6.07) is 3.38. The van der Waals surface area contributed by atoms with E-state index in [2.05, 4.69) is 10.6 Å². The van der Waals surface area contributed by atoms with Crippen molar-refractivity contribution in [1.82, 2.24) is 10.6 Å². The number of hydrogen-bond donors (Lipinski definition) is 2. The monoisotopic (exact) mass is 296 g/mol. The summed E-state index contributed by atoms with van der Waals surface area (Å²) in [4.78, 5) is 24.7. The lowest BCUT2D eigenvalue weighted by molar-refractivity contribution is -0.141. The minimum Gasteiger partial charge on any atom is -0.469 e. The third-order valence-corrected chi connectivity index (χ3v) is 4.41. The smallest absolute Gasteiger partial charge is 0.307 e. The average Bonchev–Trinajstić information content (AvgIpc) is 3.01. The van der Waals surface area contributed by atoms with Crippen LogP contribution in [0, 0.1) is 0 Å². The van der Waals surface area contributed by atoms with Crippen molar-refractivity contribution < 1.29 is 14.3 Å². The Morgan fingerprint density at radius 3 is 3.00 bits per heavy atom. The molecule has 0 bridgehead atoms. The molecule has 2 atom stereocenters. The minimum absolute atomic E-state index is 0.0352. The number of hydrogen-bond acceptors (Lipinski definition) is 5. The van der Waals surface area contributed by atoms with Crippen LogP contribution >= 0.6 is 11.3 Å². The molecule has 1 aromatic heterocycles. The highest BCUT2D eigenvalue weighted by Gasteiger charge is 2.25. The maximum atomic E-state index is 12.3. The summed E-state index contributed by atoms with van der Waals surface area (Å²) in [7, 11) is 1.36. The molecule has 0 radical (unpaired) electrons. The lowest BCUT2D eigenvalue weighted by Gasteiger charge is -2.25. The van der Waals surface area contributed by atoms with Gasteiger partial charge in [-0.05, 0) is 30.8 Å². The second-order valence-electron chi connectivity index (χ2n) is 4.86. The Balaban J connectivity index is 1.99. The van der Waals surface area contributed by atoms with Crippen LogP contribution in [0.2, 0.25) is 0 Å². The maximum Gasteiger partial charge on any atom is 0.307 e. The normalized spacial score (nSPS) is 20.1. The largest absolute Gasteiger partial charge is 0.469 e. The molecule has 1 aliphatic rings. The molecule has 2 rings (SSSR count). The molecule has 1 aliphatic heterocycles. The van der Waals surface area contributed by atoms with Gasteiger partial charge in [-0.25, -0.2) is 0 Å². The van der Waals surface area contributed by atoms with Crippen LogP contribution in [0.4, 0.5) is 0 Å². The first-order valence-electron chi connectivity index (χ1n) is 6.84. The highest BCUT2D eigenvalue weighted by Crippen LogP contribution is 2.23. The third kappa shape index (κ3) is 4.05. The first-order chi connectivity index (χ1) is 9.70. The molecule has 1 amide bonds. The Bertz CT molecular complexity index is 441. The van der Waals surface area contributed by atoms with Crippen molar-refractivity contribution in [2.24, 2.45) is 0 Å². The van der Waals surface area contributed by atoms with Crippen LogP contribution in [0.5, 0.6) is 0 Å². The molecule has 0 spiro atoms. The SMILES string of the molecule is COC(=O)CC(NC(=O)[C@H]1CCCCN1)c1cccs1. The van der Waals surface area contributed by atoms with Gasteiger partial charge in [-0.3, -0.25) is 9.59 Å². The highest BCUT2D eigenvalue weighted by molar-refractivity contribution is 7.10. The van der Waals surface area contributed by atoms with E-state index in [1.54, 1.807) is 0 Å². The van der Waals surface area contributed by atoms with Gasteiger partial charge < -0.3 is 15.4 Å². The van der Waals surface area contributed by atoms with Gasteiger partial charge in [0.05, 0.1) is 25.6 Å². The number of carbonyl (C=O) groups is 2. The molecule has 110 valence electrons. The zero-order valence-corrected chi connectivity index (χ0v) is 12.4. The second kappa shape index (κ2) is 7.40. The number of thiophene rings is 1. The summed E-state index contributed by atoms with van der Waals surface area (Å²) in [6.45, 7) is 0.874. The molecule has 0 aliphatic carbocycles. The van der Waals surface area contributed by atoms with E-state index in [4.69, 9.17) is 4.74 Å². The van der Waals surface area contributed by atoms with Crippen LogP contribution in [0.25, 0.3) is 0 Å². The summed E-state index contributed by atoms with van der Waals surface area (Å²) in [5.41, 5.74) is 0. The van der Waals surface area contributed by atoms with Crippen molar-refractivity contribution in [2.45, 2.75) is 37.8 Å². The van der Waals surface area contributed by atoms with Gasteiger partial charge in [0.1, 0.15) is 0 Å². The molecule has 0 aromatic carbocycles. The quantitative estimate of drug-likeness (QED) is 0.810. The van der Waals surface area contributed by atoms with Crippen molar-refractivity contribution >= 4 is 23.2 Å². The first-order valence-corrected chi connectivity index (χ1v) is 7.72. The van der Waals surface area contributed by atoms with Gasteiger partial charge >= 0.3 is 5.97 Å². The summed E-state index contributed by atoms with van der Waals surface area (Å²) in [5.74, 6) is -0.354.